The van der Waals surface area contributed by atoms with Crippen molar-refractivity contribution in [2.45, 2.75) is 24.5 Å². The molecule has 0 bridgehead atoms. The Kier molecular flexibility index (Phi) is 4.24. The van der Waals surface area contributed by atoms with E-state index in [2.05, 4.69) is 15.0 Å². The van der Waals surface area contributed by atoms with Gasteiger partial charge in [-0.1, -0.05) is 0 Å². The number of imidazole rings is 1. The minimum Gasteiger partial charge on any atom is -0.394 e. The van der Waals surface area contributed by atoms with Crippen molar-refractivity contribution in [3.63, 3.8) is 0 Å². The average molecular weight is 319 g/mol. The Morgan fingerprint density at radius 3 is 2.65 bits per heavy atom. The molecule has 3 rings (SSSR count). The molecule has 4 atom stereocenters. The summed E-state index contributed by atoms with van der Waals surface area (Å²) in [6.07, 6.45) is -1.42. The summed E-state index contributed by atoms with van der Waals surface area (Å²) in [7, 11) is 0. The molecule has 0 saturated carbocycles. The van der Waals surface area contributed by atoms with E-state index in [9.17, 15) is 10.2 Å². The van der Waals surface area contributed by atoms with E-state index in [4.69, 9.17) is 15.6 Å². The molecule has 0 aromatic carbocycles. The van der Waals surface area contributed by atoms with E-state index in [0.29, 0.717) is 11.2 Å². The second-order valence-electron chi connectivity index (χ2n) is 4.31. The third kappa shape index (κ3) is 2.16. The van der Waals surface area contributed by atoms with Crippen LogP contribution in [0, 0.1) is 0 Å². The quantitative estimate of drug-likeness (QED) is 0.499. The van der Waals surface area contributed by atoms with Crippen LogP contribution in [0.25, 0.3) is 11.2 Å². The summed E-state index contributed by atoms with van der Waals surface area (Å²) in [5.74, 6) is 0.218. The van der Waals surface area contributed by atoms with Crippen molar-refractivity contribution in [3.05, 3.63) is 12.7 Å². The summed E-state index contributed by atoms with van der Waals surface area (Å²) in [6.45, 7) is -0.390. The van der Waals surface area contributed by atoms with Crippen LogP contribution >= 0.6 is 0 Å². The van der Waals surface area contributed by atoms with Crippen molar-refractivity contribution >= 4 is 17.0 Å². The molecule has 0 spiro atoms. The summed E-state index contributed by atoms with van der Waals surface area (Å²) in [5, 5.41) is 28.7. The molecule has 9 nitrogen and oxygen atoms in total. The third-order valence-corrected chi connectivity index (χ3v) is 3.18. The molecule has 0 amide bonds. The fraction of sp³-hybridized carbons (Fsp3) is 0.500. The molecule has 1 aliphatic heterocycles. The first-order valence-electron chi connectivity index (χ1n) is 5.69. The van der Waals surface area contributed by atoms with Crippen molar-refractivity contribution in [3.8, 4) is 0 Å². The topological polar surface area (TPSA) is 140 Å². The summed E-state index contributed by atoms with van der Waals surface area (Å²) in [6, 6.07) is 0. The van der Waals surface area contributed by atoms with Gasteiger partial charge in [0.25, 0.3) is 0 Å². The van der Waals surface area contributed by atoms with Gasteiger partial charge in [-0.2, -0.15) is 0 Å². The Bertz CT molecular complexity index is 608. The number of ether oxygens (including phenoxy) is 1. The van der Waals surface area contributed by atoms with Gasteiger partial charge in [0.2, 0.25) is 0 Å². The van der Waals surface area contributed by atoms with Crippen LogP contribution in [-0.2, 0) is 22.1 Å². The normalized spacial score (nSPS) is 29.6. The van der Waals surface area contributed by atoms with Gasteiger partial charge in [0.1, 0.15) is 30.2 Å². The fourth-order valence-electron chi connectivity index (χ4n) is 2.17. The van der Waals surface area contributed by atoms with Crippen LogP contribution in [0.3, 0.4) is 0 Å². The molecule has 2 aromatic rings. The zero-order valence-corrected chi connectivity index (χ0v) is 11.5. The van der Waals surface area contributed by atoms with Crippen LogP contribution in [0.15, 0.2) is 12.7 Å². The predicted octanol–water partition coefficient (Wildman–Crippen LogP) is -1.98. The number of rotatable bonds is 2. The molecular weight excluding hydrogens is 306 g/mol. The number of aromatic nitrogens is 4. The van der Waals surface area contributed by atoms with Crippen LogP contribution in [-0.4, -0.2) is 59.8 Å². The molecule has 1 saturated heterocycles. The van der Waals surface area contributed by atoms with E-state index in [1.54, 1.807) is 0 Å². The zero-order valence-electron chi connectivity index (χ0n) is 10.2. The number of aliphatic hydroxyl groups excluding tert-OH is 3. The second kappa shape index (κ2) is 5.61. The Balaban J connectivity index is 0.00000147. The molecule has 20 heavy (non-hydrogen) atoms. The second-order valence-corrected chi connectivity index (χ2v) is 4.31. The summed E-state index contributed by atoms with van der Waals surface area (Å²) in [4.78, 5) is 11.9. The molecule has 108 valence electrons. The van der Waals surface area contributed by atoms with Gasteiger partial charge in [-0.05, 0) is 0 Å². The molecular formula is C10H13CrN5O4. The largest absolute Gasteiger partial charge is 0.394 e. The van der Waals surface area contributed by atoms with Gasteiger partial charge in [-0.25, -0.2) is 15.0 Å². The molecule has 0 radical (unpaired) electrons. The number of nitrogen functional groups attached to an aromatic ring is 1. The van der Waals surface area contributed by atoms with Gasteiger partial charge in [-0.3, -0.25) is 4.57 Å². The molecule has 1 fully saturated rings. The monoisotopic (exact) mass is 319 g/mol. The number of hydrogen-bond donors (Lipinski definition) is 4. The van der Waals surface area contributed by atoms with Gasteiger partial charge in [-0.15, -0.1) is 0 Å². The van der Waals surface area contributed by atoms with Gasteiger partial charge in [0, 0.05) is 17.4 Å². The van der Waals surface area contributed by atoms with E-state index in [0.717, 1.165) is 0 Å². The first kappa shape index (κ1) is 15.1. The average Bonchev–Trinajstić information content (AvgIpc) is 2.94. The third-order valence-electron chi connectivity index (χ3n) is 3.18. The molecule has 1 aliphatic rings. The minimum absolute atomic E-state index is 0. The van der Waals surface area contributed by atoms with Crippen LogP contribution < -0.4 is 5.73 Å². The first-order valence-corrected chi connectivity index (χ1v) is 5.69. The molecule has 0 unspecified atom stereocenters. The van der Waals surface area contributed by atoms with E-state index < -0.39 is 31.1 Å². The van der Waals surface area contributed by atoms with Crippen LogP contribution in [0.2, 0.25) is 0 Å². The number of fused-ring (bicyclic) bond motifs is 1. The smallest absolute Gasteiger partial charge is 0.167 e. The van der Waals surface area contributed by atoms with E-state index >= 15 is 0 Å². The Hall–Kier alpha value is -1.28. The van der Waals surface area contributed by atoms with E-state index in [1.165, 1.54) is 17.2 Å². The van der Waals surface area contributed by atoms with Crippen LogP contribution in [0.4, 0.5) is 5.82 Å². The zero-order chi connectivity index (χ0) is 13.6. The van der Waals surface area contributed by atoms with Crippen molar-refractivity contribution in [1.82, 2.24) is 19.5 Å². The van der Waals surface area contributed by atoms with Gasteiger partial charge >= 0.3 is 0 Å². The van der Waals surface area contributed by atoms with E-state index in [-0.39, 0.29) is 23.2 Å². The van der Waals surface area contributed by atoms with Gasteiger partial charge in [0.05, 0.1) is 12.9 Å². The fourth-order valence-corrected chi connectivity index (χ4v) is 2.17. The Labute approximate surface area is 124 Å². The number of aliphatic hydroxyl groups is 3. The minimum atomic E-state index is -1.19. The first-order chi connectivity index (χ1) is 9.13. The maximum Gasteiger partial charge on any atom is 0.167 e. The van der Waals surface area contributed by atoms with Crippen LogP contribution in [0.5, 0.6) is 0 Å². The summed E-state index contributed by atoms with van der Waals surface area (Å²) < 4.78 is 6.85. The van der Waals surface area contributed by atoms with Crippen LogP contribution in [0.1, 0.15) is 6.23 Å². The SMILES string of the molecule is Nc1ncnc2c1ncn2[C@@H]1O[C@H](CO)[C@@H](O)[C@H]1O.[Cr]. The van der Waals surface area contributed by atoms with Crippen molar-refractivity contribution in [1.29, 1.82) is 0 Å². The molecule has 5 N–H and O–H groups in total. The number of anilines is 1. The Morgan fingerprint density at radius 1 is 1.25 bits per heavy atom. The maximum atomic E-state index is 9.95. The number of nitrogens with two attached hydrogens (primary N) is 1. The standard InChI is InChI=1S/C10H13N5O4.Cr/c11-8-5-9(13-2-12-8)15(3-14-5)10-7(18)6(17)4(1-16)19-10;/h2-4,6-7,10,16-18H,1H2,(H2,11,12,13);/t4-,6-,7-,10-;/m1./s1. The Morgan fingerprint density at radius 2 is 2.00 bits per heavy atom. The van der Waals surface area contributed by atoms with Gasteiger partial charge in [0.15, 0.2) is 17.7 Å². The summed E-state index contributed by atoms with van der Waals surface area (Å²) in [5.41, 5.74) is 6.44. The number of nitrogens with zero attached hydrogens (tertiary/aromatic N) is 4. The predicted molar refractivity (Wildman–Crippen MR) is 62.7 cm³/mol. The van der Waals surface area contributed by atoms with E-state index in [1.807, 2.05) is 0 Å². The van der Waals surface area contributed by atoms with Crippen molar-refractivity contribution in [2.24, 2.45) is 0 Å². The molecule has 0 aliphatic carbocycles. The summed E-state index contributed by atoms with van der Waals surface area (Å²) >= 11 is 0. The molecule has 3 heterocycles. The number of hydrogen-bond acceptors (Lipinski definition) is 8. The molecule has 10 heteroatoms. The van der Waals surface area contributed by atoms with Gasteiger partial charge < -0.3 is 25.8 Å². The van der Waals surface area contributed by atoms with Crippen molar-refractivity contribution < 1.29 is 37.4 Å². The molecule has 2 aromatic heterocycles. The maximum absolute atomic E-state index is 9.95. The van der Waals surface area contributed by atoms with Crippen molar-refractivity contribution in [2.75, 3.05) is 12.3 Å².